The molecular formula is C13H19ClN2O3S. The first-order valence-corrected chi connectivity index (χ1v) is 8.70. The topological polar surface area (TPSA) is 89.3 Å². The SMILES string of the molecule is Nc1ccc(C(=O)NCCCCS(=O)(=O)CCCl)cc1. The van der Waals surface area contributed by atoms with E-state index >= 15 is 0 Å². The van der Waals surface area contributed by atoms with Gasteiger partial charge in [-0.2, -0.15) is 0 Å². The lowest BCUT2D eigenvalue weighted by atomic mass is 10.2. The van der Waals surface area contributed by atoms with Gasteiger partial charge in [0.25, 0.3) is 5.91 Å². The van der Waals surface area contributed by atoms with Crippen molar-refractivity contribution >= 4 is 33.0 Å². The zero-order valence-electron chi connectivity index (χ0n) is 11.1. The average Bonchev–Trinajstić information content (AvgIpc) is 2.38. The van der Waals surface area contributed by atoms with Crippen LogP contribution in [0.3, 0.4) is 0 Å². The molecule has 0 bridgehead atoms. The van der Waals surface area contributed by atoms with E-state index in [2.05, 4.69) is 5.32 Å². The molecule has 0 aliphatic rings. The summed E-state index contributed by atoms with van der Waals surface area (Å²) in [4.78, 5) is 11.7. The highest BCUT2D eigenvalue weighted by Crippen LogP contribution is 2.05. The molecule has 0 aliphatic heterocycles. The first kappa shape index (κ1) is 16.8. The minimum Gasteiger partial charge on any atom is -0.399 e. The number of amides is 1. The van der Waals surface area contributed by atoms with Crippen molar-refractivity contribution in [3.05, 3.63) is 29.8 Å². The Morgan fingerprint density at radius 1 is 1.15 bits per heavy atom. The van der Waals surface area contributed by atoms with Crippen LogP contribution >= 0.6 is 11.6 Å². The zero-order valence-corrected chi connectivity index (χ0v) is 12.7. The maximum atomic E-state index is 11.7. The van der Waals surface area contributed by atoms with Crippen LogP contribution in [-0.2, 0) is 9.84 Å². The van der Waals surface area contributed by atoms with Gasteiger partial charge < -0.3 is 11.1 Å². The lowest BCUT2D eigenvalue weighted by Gasteiger charge is -2.06. The maximum Gasteiger partial charge on any atom is 0.251 e. The van der Waals surface area contributed by atoms with E-state index in [1.165, 1.54) is 0 Å². The molecule has 20 heavy (non-hydrogen) atoms. The van der Waals surface area contributed by atoms with E-state index in [4.69, 9.17) is 17.3 Å². The highest BCUT2D eigenvalue weighted by Gasteiger charge is 2.09. The fourth-order valence-electron chi connectivity index (χ4n) is 1.61. The Labute approximate surface area is 124 Å². The second-order valence-corrected chi connectivity index (χ2v) is 7.11. The fraction of sp³-hybridized carbons (Fsp3) is 0.462. The lowest BCUT2D eigenvalue weighted by molar-refractivity contribution is 0.0953. The van der Waals surface area contributed by atoms with Gasteiger partial charge in [-0.1, -0.05) is 0 Å². The number of anilines is 1. The number of unbranched alkanes of at least 4 members (excludes halogenated alkanes) is 1. The number of halogens is 1. The van der Waals surface area contributed by atoms with Gasteiger partial charge >= 0.3 is 0 Å². The van der Waals surface area contributed by atoms with Crippen molar-refractivity contribution in [2.75, 3.05) is 29.7 Å². The van der Waals surface area contributed by atoms with Gasteiger partial charge in [0.05, 0.1) is 11.5 Å². The normalized spacial score (nSPS) is 11.2. The predicted octanol–water partition coefficient (Wildman–Crippen LogP) is 1.43. The van der Waals surface area contributed by atoms with Crippen LogP contribution in [0.5, 0.6) is 0 Å². The first-order chi connectivity index (χ1) is 9.44. The molecule has 0 aliphatic carbocycles. The third-order valence-corrected chi connectivity index (χ3v) is 4.88. The summed E-state index contributed by atoms with van der Waals surface area (Å²) in [5, 5.41) is 2.74. The molecule has 7 heteroatoms. The van der Waals surface area contributed by atoms with Gasteiger partial charge in [-0.15, -0.1) is 11.6 Å². The van der Waals surface area contributed by atoms with E-state index in [1.807, 2.05) is 0 Å². The third kappa shape index (κ3) is 6.25. The third-order valence-electron chi connectivity index (χ3n) is 2.73. The van der Waals surface area contributed by atoms with Crippen molar-refractivity contribution < 1.29 is 13.2 Å². The number of benzene rings is 1. The molecule has 0 saturated carbocycles. The molecule has 112 valence electrons. The molecule has 1 aromatic carbocycles. The number of rotatable bonds is 8. The Morgan fingerprint density at radius 3 is 2.40 bits per heavy atom. The van der Waals surface area contributed by atoms with Crippen LogP contribution in [0.25, 0.3) is 0 Å². The standard InChI is InChI=1S/C13H19ClN2O3S/c14-7-10-20(18,19)9-2-1-8-16-13(17)11-3-5-12(15)6-4-11/h3-6H,1-2,7-10,15H2,(H,16,17). The molecule has 0 saturated heterocycles. The van der Waals surface area contributed by atoms with E-state index < -0.39 is 9.84 Å². The highest BCUT2D eigenvalue weighted by molar-refractivity contribution is 7.91. The summed E-state index contributed by atoms with van der Waals surface area (Å²) in [6.45, 7) is 0.444. The average molecular weight is 319 g/mol. The Hall–Kier alpha value is -1.27. The summed E-state index contributed by atoms with van der Waals surface area (Å²) < 4.78 is 22.8. The second kappa shape index (κ2) is 8.11. The van der Waals surface area contributed by atoms with Crippen molar-refractivity contribution in [2.24, 2.45) is 0 Å². The van der Waals surface area contributed by atoms with E-state index in [0.29, 0.717) is 30.6 Å². The maximum absolute atomic E-state index is 11.7. The van der Waals surface area contributed by atoms with Crippen molar-refractivity contribution in [1.82, 2.24) is 5.32 Å². The number of carbonyl (C=O) groups excluding carboxylic acids is 1. The Morgan fingerprint density at radius 2 is 1.80 bits per heavy atom. The molecule has 0 aromatic heterocycles. The van der Waals surface area contributed by atoms with Crippen molar-refractivity contribution in [3.63, 3.8) is 0 Å². The molecule has 0 spiro atoms. The molecule has 1 aromatic rings. The van der Waals surface area contributed by atoms with Crippen LogP contribution in [0.4, 0.5) is 5.69 Å². The minimum absolute atomic E-state index is 0.00630. The van der Waals surface area contributed by atoms with Gasteiger partial charge in [-0.3, -0.25) is 4.79 Å². The number of carbonyl (C=O) groups is 1. The lowest BCUT2D eigenvalue weighted by Crippen LogP contribution is -2.25. The van der Waals surface area contributed by atoms with Crippen LogP contribution in [-0.4, -0.2) is 38.3 Å². The van der Waals surface area contributed by atoms with Crippen LogP contribution < -0.4 is 11.1 Å². The minimum atomic E-state index is -3.05. The summed E-state index contributed by atoms with van der Waals surface area (Å²) in [6, 6.07) is 6.62. The smallest absolute Gasteiger partial charge is 0.251 e. The monoisotopic (exact) mass is 318 g/mol. The van der Waals surface area contributed by atoms with Crippen molar-refractivity contribution in [2.45, 2.75) is 12.8 Å². The van der Waals surface area contributed by atoms with Crippen molar-refractivity contribution in [3.8, 4) is 0 Å². The summed E-state index contributed by atoms with van der Waals surface area (Å²) >= 11 is 5.40. The summed E-state index contributed by atoms with van der Waals surface area (Å²) in [5.41, 5.74) is 6.67. The Kier molecular flexibility index (Phi) is 6.81. The largest absolute Gasteiger partial charge is 0.399 e. The quantitative estimate of drug-likeness (QED) is 0.431. The molecule has 1 rings (SSSR count). The number of alkyl halides is 1. The number of nitrogens with two attached hydrogens (primary N) is 1. The van der Waals surface area contributed by atoms with Gasteiger partial charge in [0.15, 0.2) is 9.84 Å². The fourth-order valence-corrected chi connectivity index (χ4v) is 3.39. The molecule has 5 nitrogen and oxygen atoms in total. The number of sulfone groups is 1. The predicted molar refractivity (Wildman–Crippen MR) is 81.8 cm³/mol. The molecular weight excluding hydrogens is 300 g/mol. The van der Waals surface area contributed by atoms with Gasteiger partial charge in [-0.05, 0) is 37.1 Å². The van der Waals surface area contributed by atoms with E-state index in [1.54, 1.807) is 24.3 Å². The number of nitrogen functional groups attached to an aromatic ring is 1. The summed E-state index contributed by atoms with van der Waals surface area (Å²) in [6.07, 6.45) is 1.13. The van der Waals surface area contributed by atoms with Crippen LogP contribution in [0.15, 0.2) is 24.3 Å². The van der Waals surface area contributed by atoms with Crippen LogP contribution in [0.2, 0.25) is 0 Å². The van der Waals surface area contributed by atoms with Crippen molar-refractivity contribution in [1.29, 1.82) is 0 Å². The molecule has 3 N–H and O–H groups in total. The summed E-state index contributed by atoms with van der Waals surface area (Å²) in [7, 11) is -3.05. The van der Waals surface area contributed by atoms with Gasteiger partial charge in [0.1, 0.15) is 0 Å². The zero-order chi connectivity index (χ0) is 15.0. The molecule has 0 unspecified atom stereocenters. The molecule has 0 heterocycles. The van der Waals surface area contributed by atoms with Gasteiger partial charge in [0.2, 0.25) is 0 Å². The molecule has 0 atom stereocenters. The number of hydrogen-bond donors (Lipinski definition) is 2. The van der Waals surface area contributed by atoms with Gasteiger partial charge in [0, 0.05) is 23.7 Å². The molecule has 0 radical (unpaired) electrons. The van der Waals surface area contributed by atoms with Gasteiger partial charge in [-0.25, -0.2) is 8.42 Å². The van der Waals surface area contributed by atoms with Crippen LogP contribution in [0, 0.1) is 0 Å². The van der Waals surface area contributed by atoms with Crippen LogP contribution in [0.1, 0.15) is 23.2 Å². The second-order valence-electron chi connectivity index (χ2n) is 4.43. The highest BCUT2D eigenvalue weighted by atomic mass is 35.5. The first-order valence-electron chi connectivity index (χ1n) is 6.35. The molecule has 0 fully saturated rings. The Bertz CT molecular complexity index is 529. The number of nitrogens with one attached hydrogen (secondary N) is 1. The summed E-state index contributed by atoms with van der Waals surface area (Å²) in [5.74, 6) is 0.0497. The van der Waals surface area contributed by atoms with E-state index in [0.717, 1.165) is 0 Å². The number of hydrogen-bond acceptors (Lipinski definition) is 4. The Balaban J connectivity index is 2.24. The van der Waals surface area contributed by atoms with E-state index in [-0.39, 0.29) is 23.3 Å². The molecule has 1 amide bonds. The van der Waals surface area contributed by atoms with E-state index in [9.17, 15) is 13.2 Å².